The molecule has 3 rings (SSSR count). The predicted octanol–water partition coefficient (Wildman–Crippen LogP) is 4.57. The lowest BCUT2D eigenvalue weighted by Gasteiger charge is -2.40. The Morgan fingerprint density at radius 2 is 1.72 bits per heavy atom. The van der Waals surface area contributed by atoms with Crippen LogP contribution in [0.1, 0.15) is 43.0 Å². The van der Waals surface area contributed by atoms with Crippen molar-refractivity contribution < 1.29 is 27.8 Å². The summed E-state index contributed by atoms with van der Waals surface area (Å²) in [5, 5.41) is 11.8. The predicted molar refractivity (Wildman–Crippen MR) is 104 cm³/mol. The molecule has 0 saturated heterocycles. The summed E-state index contributed by atoms with van der Waals surface area (Å²) < 4.78 is 47.5. The Morgan fingerprint density at radius 3 is 2.31 bits per heavy atom. The Hall–Kier alpha value is -2.25. The third kappa shape index (κ3) is 4.36. The summed E-state index contributed by atoms with van der Waals surface area (Å²) >= 11 is 0. The van der Waals surface area contributed by atoms with Crippen LogP contribution in [-0.2, 0) is 17.6 Å². The van der Waals surface area contributed by atoms with Gasteiger partial charge in [-0.15, -0.1) is 13.2 Å². The minimum atomic E-state index is -4.77. The second kappa shape index (κ2) is 7.22. The van der Waals surface area contributed by atoms with Gasteiger partial charge in [0.05, 0.1) is 7.11 Å². The van der Waals surface area contributed by atoms with Crippen molar-refractivity contribution in [3.63, 3.8) is 0 Å². The molecule has 1 atom stereocenters. The number of hydrogen-bond acceptors (Lipinski definition) is 4. The third-order valence-electron chi connectivity index (χ3n) is 5.21. The van der Waals surface area contributed by atoms with Crippen LogP contribution in [0, 0.1) is 0 Å². The van der Waals surface area contributed by atoms with E-state index in [4.69, 9.17) is 4.74 Å². The van der Waals surface area contributed by atoms with Crippen molar-refractivity contribution in [3.05, 3.63) is 58.7 Å². The van der Waals surface area contributed by atoms with Crippen molar-refractivity contribution in [1.29, 1.82) is 0 Å². The lowest BCUT2D eigenvalue weighted by molar-refractivity contribution is -0.274. The number of ether oxygens (including phenoxy) is 2. The van der Waals surface area contributed by atoms with E-state index in [2.05, 4.69) is 25.5 Å². The van der Waals surface area contributed by atoms with Crippen LogP contribution >= 0.6 is 0 Å². The Balaban J connectivity index is 2.16. The third-order valence-corrected chi connectivity index (χ3v) is 5.21. The molecule has 0 aliphatic carbocycles. The second-order valence-electron chi connectivity index (χ2n) is 8.56. The zero-order valence-corrected chi connectivity index (χ0v) is 17.2. The number of β-amino-alcohol motifs (C(OH)–C–C–N with tert-alkyl or cyclic N) is 1. The first-order chi connectivity index (χ1) is 13.3. The van der Waals surface area contributed by atoms with Crippen molar-refractivity contribution in [2.45, 2.75) is 44.7 Å². The fourth-order valence-corrected chi connectivity index (χ4v) is 3.85. The number of methoxy groups -OCH3 is 1. The highest BCUT2D eigenvalue weighted by Crippen LogP contribution is 2.43. The van der Waals surface area contributed by atoms with Crippen LogP contribution in [0.4, 0.5) is 13.2 Å². The Kier molecular flexibility index (Phi) is 5.34. The van der Waals surface area contributed by atoms with Crippen LogP contribution in [0.15, 0.2) is 36.4 Å². The van der Waals surface area contributed by atoms with Gasteiger partial charge >= 0.3 is 6.36 Å². The number of fused-ring (bicyclic) bond motifs is 1. The number of nitrogens with zero attached hydrogens (tertiary/aromatic N) is 1. The molecule has 1 N–H and O–H groups in total. The number of halogens is 3. The molecule has 0 bridgehead atoms. The van der Waals surface area contributed by atoms with E-state index in [0.29, 0.717) is 29.0 Å². The summed E-state index contributed by atoms with van der Waals surface area (Å²) in [6.45, 7) is 6.90. The van der Waals surface area contributed by atoms with Gasteiger partial charge in [0.1, 0.15) is 17.1 Å². The van der Waals surface area contributed by atoms with Crippen molar-refractivity contribution >= 4 is 0 Å². The van der Waals surface area contributed by atoms with Crippen LogP contribution in [0.3, 0.4) is 0 Å². The van der Waals surface area contributed by atoms with Crippen LogP contribution in [0.25, 0.3) is 0 Å². The molecule has 7 heteroatoms. The molecular formula is C22H26F3NO3. The summed E-state index contributed by atoms with van der Waals surface area (Å²) in [6.07, 6.45) is -4.77. The first-order valence-corrected chi connectivity index (χ1v) is 9.32. The first-order valence-electron chi connectivity index (χ1n) is 9.32. The fourth-order valence-electron chi connectivity index (χ4n) is 3.85. The van der Waals surface area contributed by atoms with E-state index in [-0.39, 0.29) is 17.7 Å². The average Bonchev–Trinajstić information content (AvgIpc) is 2.58. The summed E-state index contributed by atoms with van der Waals surface area (Å²) in [7, 11) is 3.35. The highest BCUT2D eigenvalue weighted by molar-refractivity contribution is 5.52. The smallest absolute Gasteiger partial charge is 0.496 e. The van der Waals surface area contributed by atoms with Crippen molar-refractivity contribution in [2.24, 2.45) is 0 Å². The molecule has 0 saturated carbocycles. The highest BCUT2D eigenvalue weighted by atomic mass is 19.4. The summed E-state index contributed by atoms with van der Waals surface area (Å²) in [6, 6.07) is 9.78. The molecule has 1 aliphatic heterocycles. The minimum absolute atomic E-state index is 0.148. The standard InChI is InChI=1S/C22H26F3NO3/c1-20(2,3)15-6-9-19(28-5)18(11-15)21(27)13-26(4)12-14-10-16(7-8-17(14)21)29-22(23,24)25/h6-11,27H,12-13H2,1-5H3. The van der Waals surface area contributed by atoms with Gasteiger partial charge in [-0.3, -0.25) is 4.90 Å². The van der Waals surface area contributed by atoms with E-state index in [1.807, 2.05) is 30.1 Å². The molecule has 2 aromatic carbocycles. The zero-order chi connectivity index (χ0) is 21.6. The van der Waals surface area contributed by atoms with Crippen LogP contribution < -0.4 is 9.47 Å². The van der Waals surface area contributed by atoms with Gasteiger partial charge in [0.25, 0.3) is 0 Å². The van der Waals surface area contributed by atoms with Gasteiger partial charge in [-0.05, 0) is 53.4 Å². The van der Waals surface area contributed by atoms with Gasteiger partial charge in [0.2, 0.25) is 0 Å². The molecule has 4 nitrogen and oxygen atoms in total. The Bertz CT molecular complexity index is 905. The summed E-state index contributed by atoms with van der Waals surface area (Å²) in [5.41, 5.74) is 1.15. The molecule has 29 heavy (non-hydrogen) atoms. The molecule has 0 aromatic heterocycles. The molecule has 1 heterocycles. The van der Waals surface area contributed by atoms with Gasteiger partial charge < -0.3 is 14.6 Å². The largest absolute Gasteiger partial charge is 0.573 e. The molecule has 2 aromatic rings. The maximum Gasteiger partial charge on any atom is 0.573 e. The maximum absolute atomic E-state index is 12.6. The van der Waals surface area contributed by atoms with Gasteiger partial charge in [0, 0.05) is 18.7 Å². The SMILES string of the molecule is COc1ccc(C(C)(C)C)cc1C1(O)CN(C)Cc2cc(OC(F)(F)F)ccc21. The summed E-state index contributed by atoms with van der Waals surface area (Å²) in [4.78, 5) is 1.86. The number of hydrogen-bond donors (Lipinski definition) is 1. The molecular weight excluding hydrogens is 383 g/mol. The monoisotopic (exact) mass is 409 g/mol. The van der Waals surface area contributed by atoms with E-state index < -0.39 is 12.0 Å². The number of likely N-dealkylation sites (N-methyl/N-ethyl adjacent to an activating group) is 1. The van der Waals surface area contributed by atoms with E-state index >= 15 is 0 Å². The lowest BCUT2D eigenvalue weighted by atomic mass is 9.77. The lowest BCUT2D eigenvalue weighted by Crippen LogP contribution is -2.45. The number of rotatable bonds is 3. The summed E-state index contributed by atoms with van der Waals surface area (Å²) in [5.74, 6) is 0.224. The molecule has 0 spiro atoms. The zero-order valence-electron chi connectivity index (χ0n) is 17.2. The van der Waals surface area contributed by atoms with E-state index in [1.165, 1.54) is 25.3 Å². The average molecular weight is 409 g/mol. The maximum atomic E-state index is 12.6. The normalized spacial score (nSPS) is 20.3. The van der Waals surface area contributed by atoms with Gasteiger partial charge in [-0.1, -0.05) is 32.9 Å². The van der Waals surface area contributed by atoms with Crippen LogP contribution in [0.2, 0.25) is 0 Å². The van der Waals surface area contributed by atoms with E-state index in [9.17, 15) is 18.3 Å². The fraction of sp³-hybridized carbons (Fsp3) is 0.455. The number of alkyl halides is 3. The Labute approximate surface area is 168 Å². The topological polar surface area (TPSA) is 41.9 Å². The van der Waals surface area contributed by atoms with Crippen molar-refractivity contribution in [2.75, 3.05) is 20.7 Å². The van der Waals surface area contributed by atoms with Crippen LogP contribution in [-0.4, -0.2) is 37.1 Å². The highest BCUT2D eigenvalue weighted by Gasteiger charge is 2.41. The van der Waals surface area contributed by atoms with E-state index in [1.54, 1.807) is 0 Å². The van der Waals surface area contributed by atoms with Crippen molar-refractivity contribution in [3.8, 4) is 11.5 Å². The van der Waals surface area contributed by atoms with Gasteiger partial charge in [-0.2, -0.15) is 0 Å². The quantitative estimate of drug-likeness (QED) is 0.806. The number of benzene rings is 2. The van der Waals surface area contributed by atoms with Gasteiger partial charge in [0.15, 0.2) is 0 Å². The molecule has 1 unspecified atom stereocenters. The van der Waals surface area contributed by atoms with Crippen molar-refractivity contribution in [1.82, 2.24) is 4.90 Å². The molecule has 1 aliphatic rings. The molecule has 0 radical (unpaired) electrons. The molecule has 0 amide bonds. The molecule has 0 fully saturated rings. The first kappa shape index (κ1) is 21.5. The molecule has 158 valence electrons. The minimum Gasteiger partial charge on any atom is -0.496 e. The van der Waals surface area contributed by atoms with Gasteiger partial charge in [-0.25, -0.2) is 0 Å². The Morgan fingerprint density at radius 1 is 1.03 bits per heavy atom. The number of aliphatic hydroxyl groups is 1. The van der Waals surface area contributed by atoms with Crippen LogP contribution in [0.5, 0.6) is 11.5 Å². The van der Waals surface area contributed by atoms with E-state index in [0.717, 1.165) is 5.56 Å². The second-order valence-corrected chi connectivity index (χ2v) is 8.56.